The van der Waals surface area contributed by atoms with Gasteiger partial charge in [-0.25, -0.2) is 16.8 Å². The number of aryl methyl sites for hydroxylation is 2. The van der Waals surface area contributed by atoms with E-state index < -0.39 is 19.9 Å². The number of hydrogen-bond donors (Lipinski definition) is 2. The number of carbonyl (C=O) groups excluding carboxylic acids is 1. The third-order valence-corrected chi connectivity index (χ3v) is 7.74. The number of sulfone groups is 1. The van der Waals surface area contributed by atoms with Gasteiger partial charge in [0.2, 0.25) is 0 Å². The van der Waals surface area contributed by atoms with Gasteiger partial charge < -0.3 is 5.32 Å². The van der Waals surface area contributed by atoms with Crippen molar-refractivity contribution in [2.45, 2.75) is 36.6 Å². The van der Waals surface area contributed by atoms with Crippen LogP contribution in [0.2, 0.25) is 0 Å². The summed E-state index contributed by atoms with van der Waals surface area (Å²) in [5.41, 5.74) is 2.97. The molecule has 1 atom stereocenters. The second kappa shape index (κ2) is 9.36. The molecule has 0 aliphatic carbocycles. The lowest BCUT2D eigenvalue weighted by atomic mass is 10.1. The molecule has 0 fully saturated rings. The Kier molecular flexibility index (Phi) is 6.94. The van der Waals surface area contributed by atoms with E-state index in [0.717, 1.165) is 17.4 Å². The lowest BCUT2D eigenvalue weighted by molar-refractivity contribution is 0.0940. The molecule has 1 unspecified atom stereocenters. The Bertz CT molecular complexity index is 1380. The Labute approximate surface area is 194 Å². The van der Waals surface area contributed by atoms with Crippen molar-refractivity contribution < 1.29 is 21.6 Å². The monoisotopic (exact) mass is 486 g/mol. The highest BCUT2D eigenvalue weighted by molar-refractivity contribution is 7.92. The second-order valence-corrected chi connectivity index (χ2v) is 11.7. The molecular weight excluding hydrogens is 460 g/mol. The van der Waals surface area contributed by atoms with Crippen molar-refractivity contribution in [1.29, 1.82) is 0 Å². The molecule has 3 rings (SSSR count). The first kappa shape index (κ1) is 24.5. The fourth-order valence-corrected chi connectivity index (χ4v) is 4.91. The SMILES string of the molecule is Cc1ccc(S(=O)(=O)Nc2cc(C(=O)NC(C)c3ccc(S(C)(=O)=O)cc3)ccc2C)cc1. The molecule has 0 saturated carbocycles. The molecule has 0 saturated heterocycles. The summed E-state index contributed by atoms with van der Waals surface area (Å²) in [6.45, 7) is 5.40. The predicted molar refractivity (Wildman–Crippen MR) is 129 cm³/mol. The summed E-state index contributed by atoms with van der Waals surface area (Å²) >= 11 is 0. The van der Waals surface area contributed by atoms with Crippen molar-refractivity contribution in [2.75, 3.05) is 11.0 Å². The molecule has 0 aliphatic rings. The van der Waals surface area contributed by atoms with Gasteiger partial charge in [0.1, 0.15) is 0 Å². The van der Waals surface area contributed by atoms with Gasteiger partial charge in [0.15, 0.2) is 9.84 Å². The maximum atomic E-state index is 12.8. The Morgan fingerprint density at radius 1 is 0.818 bits per heavy atom. The molecule has 0 aromatic heterocycles. The van der Waals surface area contributed by atoms with Crippen LogP contribution in [0.1, 0.15) is 40.0 Å². The fraction of sp³-hybridized carbons (Fsp3) is 0.208. The number of carbonyl (C=O) groups is 1. The van der Waals surface area contributed by atoms with E-state index in [4.69, 9.17) is 0 Å². The van der Waals surface area contributed by atoms with Crippen molar-refractivity contribution >= 4 is 31.5 Å². The predicted octanol–water partition coefficient (Wildman–Crippen LogP) is 4.00. The van der Waals surface area contributed by atoms with E-state index in [1.54, 1.807) is 50.2 Å². The van der Waals surface area contributed by atoms with Gasteiger partial charge in [-0.3, -0.25) is 9.52 Å². The number of nitrogens with one attached hydrogen (secondary N) is 2. The zero-order chi connectivity index (χ0) is 24.4. The van der Waals surface area contributed by atoms with Gasteiger partial charge in [-0.2, -0.15) is 0 Å². The molecule has 9 heteroatoms. The molecule has 0 heterocycles. The van der Waals surface area contributed by atoms with Crippen LogP contribution in [-0.2, 0) is 19.9 Å². The summed E-state index contributed by atoms with van der Waals surface area (Å²) in [5.74, 6) is -0.384. The van der Waals surface area contributed by atoms with E-state index in [9.17, 15) is 21.6 Å². The Morgan fingerprint density at radius 2 is 1.39 bits per heavy atom. The maximum Gasteiger partial charge on any atom is 0.261 e. The fourth-order valence-electron chi connectivity index (χ4n) is 3.16. The molecule has 0 radical (unpaired) electrons. The number of rotatable bonds is 7. The molecule has 0 spiro atoms. The minimum atomic E-state index is -3.81. The van der Waals surface area contributed by atoms with Crippen molar-refractivity contribution in [3.05, 3.63) is 89.0 Å². The van der Waals surface area contributed by atoms with Gasteiger partial charge in [-0.15, -0.1) is 0 Å². The number of benzene rings is 3. The standard InChI is InChI=1S/C24H26N2O5S2/c1-16-5-11-22(12-6-16)33(30,31)26-23-15-20(8-7-17(23)2)24(27)25-18(3)19-9-13-21(14-10-19)32(4,28)29/h5-15,18,26H,1-4H3,(H,25,27). The highest BCUT2D eigenvalue weighted by Gasteiger charge is 2.18. The van der Waals surface area contributed by atoms with Crippen LogP contribution in [0, 0.1) is 13.8 Å². The van der Waals surface area contributed by atoms with Gasteiger partial charge in [-0.05, 0) is 68.3 Å². The molecule has 1 amide bonds. The summed E-state index contributed by atoms with van der Waals surface area (Å²) in [5, 5.41) is 2.85. The highest BCUT2D eigenvalue weighted by Crippen LogP contribution is 2.23. The van der Waals surface area contributed by atoms with Crippen LogP contribution in [0.3, 0.4) is 0 Å². The third kappa shape index (κ3) is 6.00. The smallest absolute Gasteiger partial charge is 0.261 e. The lowest BCUT2D eigenvalue weighted by Gasteiger charge is -2.16. The first-order chi connectivity index (χ1) is 15.4. The lowest BCUT2D eigenvalue weighted by Crippen LogP contribution is -2.27. The zero-order valence-corrected chi connectivity index (χ0v) is 20.4. The molecule has 33 heavy (non-hydrogen) atoms. The van der Waals surface area contributed by atoms with Crippen LogP contribution >= 0.6 is 0 Å². The van der Waals surface area contributed by atoms with E-state index in [-0.39, 0.29) is 21.7 Å². The molecule has 3 aromatic rings. The molecular formula is C24H26N2O5S2. The van der Waals surface area contributed by atoms with E-state index in [1.165, 1.54) is 30.3 Å². The minimum absolute atomic E-state index is 0.133. The van der Waals surface area contributed by atoms with Gasteiger partial charge in [-0.1, -0.05) is 35.9 Å². The summed E-state index contributed by atoms with van der Waals surface area (Å²) in [6, 6.07) is 17.2. The summed E-state index contributed by atoms with van der Waals surface area (Å²) in [4.78, 5) is 13.1. The number of amides is 1. The highest BCUT2D eigenvalue weighted by atomic mass is 32.2. The van der Waals surface area contributed by atoms with E-state index in [2.05, 4.69) is 10.0 Å². The van der Waals surface area contributed by atoms with Crippen LogP contribution in [0.15, 0.2) is 76.5 Å². The van der Waals surface area contributed by atoms with E-state index in [0.29, 0.717) is 16.8 Å². The summed E-state index contributed by atoms with van der Waals surface area (Å²) in [7, 11) is -7.11. The molecule has 2 N–H and O–H groups in total. The molecule has 7 nitrogen and oxygen atoms in total. The van der Waals surface area contributed by atoms with Crippen molar-refractivity contribution in [3.8, 4) is 0 Å². The van der Waals surface area contributed by atoms with Crippen LogP contribution < -0.4 is 10.0 Å². The van der Waals surface area contributed by atoms with Gasteiger partial charge in [0.05, 0.1) is 21.5 Å². The van der Waals surface area contributed by atoms with Gasteiger partial charge >= 0.3 is 0 Å². The van der Waals surface area contributed by atoms with Gasteiger partial charge in [0, 0.05) is 11.8 Å². The summed E-state index contributed by atoms with van der Waals surface area (Å²) in [6.07, 6.45) is 1.13. The maximum absolute atomic E-state index is 12.8. The normalized spacial score (nSPS) is 12.7. The second-order valence-electron chi connectivity index (χ2n) is 7.98. The van der Waals surface area contributed by atoms with E-state index in [1.807, 2.05) is 6.92 Å². The van der Waals surface area contributed by atoms with Gasteiger partial charge in [0.25, 0.3) is 15.9 Å². The van der Waals surface area contributed by atoms with Crippen molar-refractivity contribution in [1.82, 2.24) is 5.32 Å². The van der Waals surface area contributed by atoms with Crippen LogP contribution in [-0.4, -0.2) is 29.0 Å². The molecule has 0 aliphatic heterocycles. The first-order valence-corrected chi connectivity index (χ1v) is 13.6. The molecule has 0 bridgehead atoms. The Hall–Kier alpha value is -3.17. The van der Waals surface area contributed by atoms with Crippen LogP contribution in [0.5, 0.6) is 0 Å². The number of sulfonamides is 1. The Balaban J connectivity index is 1.78. The average Bonchev–Trinajstić information content (AvgIpc) is 2.75. The minimum Gasteiger partial charge on any atom is -0.346 e. The molecule has 3 aromatic carbocycles. The zero-order valence-electron chi connectivity index (χ0n) is 18.8. The third-order valence-electron chi connectivity index (χ3n) is 5.23. The largest absolute Gasteiger partial charge is 0.346 e. The number of anilines is 1. The van der Waals surface area contributed by atoms with Crippen molar-refractivity contribution in [3.63, 3.8) is 0 Å². The first-order valence-electron chi connectivity index (χ1n) is 10.2. The van der Waals surface area contributed by atoms with E-state index >= 15 is 0 Å². The average molecular weight is 487 g/mol. The van der Waals surface area contributed by atoms with Crippen LogP contribution in [0.4, 0.5) is 5.69 Å². The Morgan fingerprint density at radius 3 is 1.97 bits per heavy atom. The summed E-state index contributed by atoms with van der Waals surface area (Å²) < 4.78 is 51.3. The molecule has 174 valence electrons. The quantitative estimate of drug-likeness (QED) is 0.525. The van der Waals surface area contributed by atoms with Crippen molar-refractivity contribution in [2.24, 2.45) is 0 Å². The number of hydrogen-bond acceptors (Lipinski definition) is 5. The van der Waals surface area contributed by atoms with Crippen LogP contribution in [0.25, 0.3) is 0 Å². The topological polar surface area (TPSA) is 109 Å².